The number of ether oxygens (including phenoxy) is 1. The van der Waals surface area contributed by atoms with Gasteiger partial charge in [0.25, 0.3) is 0 Å². The summed E-state index contributed by atoms with van der Waals surface area (Å²) in [6.07, 6.45) is 0. The predicted molar refractivity (Wildman–Crippen MR) is 80.1 cm³/mol. The third-order valence-electron chi connectivity index (χ3n) is 2.95. The van der Waals surface area contributed by atoms with Crippen molar-refractivity contribution in [1.29, 1.82) is 0 Å². The molecule has 102 valence electrons. The van der Waals surface area contributed by atoms with Gasteiger partial charge in [0.2, 0.25) is 0 Å². The highest BCUT2D eigenvalue weighted by Gasteiger charge is 2.26. The maximum Gasteiger partial charge on any atom is 0.125 e. The molecule has 0 atom stereocenters. The van der Waals surface area contributed by atoms with Gasteiger partial charge in [0.1, 0.15) is 10.6 Å². The number of thiazole rings is 1. The van der Waals surface area contributed by atoms with Crippen molar-refractivity contribution in [3.05, 3.63) is 40.2 Å². The summed E-state index contributed by atoms with van der Waals surface area (Å²) in [7, 11) is 0. The lowest BCUT2D eigenvalue weighted by Gasteiger charge is -2.21. The maximum absolute atomic E-state index is 5.85. The van der Waals surface area contributed by atoms with E-state index in [0.29, 0.717) is 13.2 Å². The minimum absolute atomic E-state index is 0.365. The Bertz CT molecular complexity index is 534. The standard InChI is InChI=1S/C15H20N2OS/c1-4-18-15(2,3)14-17-13(12(10-16)19-14)11-8-6-5-7-9-11/h5-9H,4,10,16H2,1-3H3. The fourth-order valence-corrected chi connectivity index (χ4v) is 3.01. The first-order valence-electron chi connectivity index (χ1n) is 6.48. The summed E-state index contributed by atoms with van der Waals surface area (Å²) in [5, 5.41) is 0.980. The third-order valence-corrected chi connectivity index (χ3v) is 4.33. The Morgan fingerprint density at radius 3 is 2.53 bits per heavy atom. The van der Waals surface area contributed by atoms with Gasteiger partial charge < -0.3 is 10.5 Å². The summed E-state index contributed by atoms with van der Waals surface area (Å²) in [5.41, 5.74) is 7.57. The molecule has 0 spiro atoms. The summed E-state index contributed by atoms with van der Waals surface area (Å²) in [4.78, 5) is 5.86. The molecule has 0 aliphatic rings. The van der Waals surface area contributed by atoms with Crippen molar-refractivity contribution in [2.75, 3.05) is 6.61 Å². The van der Waals surface area contributed by atoms with Crippen LogP contribution in [-0.4, -0.2) is 11.6 Å². The number of benzene rings is 1. The van der Waals surface area contributed by atoms with Crippen LogP contribution in [-0.2, 0) is 16.9 Å². The van der Waals surface area contributed by atoms with E-state index in [1.165, 1.54) is 0 Å². The van der Waals surface area contributed by atoms with E-state index >= 15 is 0 Å². The van der Waals surface area contributed by atoms with E-state index in [2.05, 4.69) is 12.1 Å². The second-order valence-electron chi connectivity index (χ2n) is 4.80. The van der Waals surface area contributed by atoms with Gasteiger partial charge in [-0.3, -0.25) is 0 Å². The Labute approximate surface area is 118 Å². The summed E-state index contributed by atoms with van der Waals surface area (Å²) >= 11 is 1.64. The van der Waals surface area contributed by atoms with Crippen LogP contribution in [0.25, 0.3) is 11.3 Å². The highest BCUT2D eigenvalue weighted by atomic mass is 32.1. The zero-order valence-corrected chi connectivity index (χ0v) is 12.5. The number of hydrogen-bond acceptors (Lipinski definition) is 4. The molecular weight excluding hydrogens is 256 g/mol. The molecule has 1 heterocycles. The van der Waals surface area contributed by atoms with Gasteiger partial charge in [-0.25, -0.2) is 4.98 Å². The predicted octanol–water partition coefficient (Wildman–Crippen LogP) is 3.54. The fourth-order valence-electron chi connectivity index (χ4n) is 1.99. The lowest BCUT2D eigenvalue weighted by Crippen LogP contribution is -2.21. The van der Waals surface area contributed by atoms with Gasteiger partial charge >= 0.3 is 0 Å². The van der Waals surface area contributed by atoms with Gasteiger partial charge in [0.05, 0.1) is 5.69 Å². The number of rotatable bonds is 5. The molecule has 19 heavy (non-hydrogen) atoms. The molecule has 0 bridgehead atoms. The molecule has 0 saturated heterocycles. The van der Waals surface area contributed by atoms with Crippen molar-refractivity contribution in [2.24, 2.45) is 5.73 Å². The molecule has 0 unspecified atom stereocenters. The Hall–Kier alpha value is -1.23. The molecule has 2 N–H and O–H groups in total. The van der Waals surface area contributed by atoms with Gasteiger partial charge in [0, 0.05) is 23.6 Å². The van der Waals surface area contributed by atoms with Crippen LogP contribution in [0.2, 0.25) is 0 Å². The average Bonchev–Trinajstić information content (AvgIpc) is 2.84. The zero-order valence-electron chi connectivity index (χ0n) is 11.6. The number of aromatic nitrogens is 1. The van der Waals surface area contributed by atoms with Crippen LogP contribution < -0.4 is 5.73 Å². The highest BCUT2D eigenvalue weighted by molar-refractivity contribution is 7.12. The molecule has 0 saturated carbocycles. The SMILES string of the molecule is CCOC(C)(C)c1nc(-c2ccccc2)c(CN)s1. The smallest absolute Gasteiger partial charge is 0.125 e. The Kier molecular flexibility index (Phi) is 4.34. The van der Waals surface area contributed by atoms with Gasteiger partial charge in [0.15, 0.2) is 0 Å². The maximum atomic E-state index is 5.85. The molecule has 2 aromatic rings. The van der Waals surface area contributed by atoms with Crippen LogP contribution in [0.15, 0.2) is 30.3 Å². The van der Waals surface area contributed by atoms with Crippen molar-refractivity contribution in [3.63, 3.8) is 0 Å². The Morgan fingerprint density at radius 1 is 1.26 bits per heavy atom. The lowest BCUT2D eigenvalue weighted by atomic mass is 10.1. The second kappa shape index (κ2) is 5.82. The van der Waals surface area contributed by atoms with E-state index < -0.39 is 0 Å². The van der Waals surface area contributed by atoms with Gasteiger partial charge in [-0.15, -0.1) is 11.3 Å². The second-order valence-corrected chi connectivity index (χ2v) is 5.89. The van der Waals surface area contributed by atoms with Crippen LogP contribution in [0.1, 0.15) is 30.7 Å². The first-order chi connectivity index (χ1) is 9.08. The molecule has 1 aromatic heterocycles. The van der Waals surface area contributed by atoms with E-state index in [9.17, 15) is 0 Å². The minimum atomic E-state index is -0.365. The van der Waals surface area contributed by atoms with Crippen LogP contribution in [0.5, 0.6) is 0 Å². The Morgan fingerprint density at radius 2 is 1.95 bits per heavy atom. The van der Waals surface area contributed by atoms with E-state index in [4.69, 9.17) is 15.5 Å². The van der Waals surface area contributed by atoms with E-state index in [1.54, 1.807) is 11.3 Å². The van der Waals surface area contributed by atoms with Crippen molar-refractivity contribution in [2.45, 2.75) is 32.9 Å². The summed E-state index contributed by atoms with van der Waals surface area (Å²) < 4.78 is 5.77. The van der Waals surface area contributed by atoms with Crippen molar-refractivity contribution < 1.29 is 4.74 Å². The summed E-state index contributed by atoms with van der Waals surface area (Å²) in [6, 6.07) is 10.2. The number of nitrogens with zero attached hydrogens (tertiary/aromatic N) is 1. The first kappa shape index (κ1) is 14.2. The zero-order chi connectivity index (χ0) is 13.9. The Balaban J connectivity index is 2.44. The number of hydrogen-bond donors (Lipinski definition) is 1. The first-order valence-corrected chi connectivity index (χ1v) is 7.29. The molecule has 0 radical (unpaired) electrons. The van der Waals surface area contributed by atoms with Crippen LogP contribution in [0.3, 0.4) is 0 Å². The lowest BCUT2D eigenvalue weighted by molar-refractivity contribution is -0.0141. The summed E-state index contributed by atoms with van der Waals surface area (Å²) in [5.74, 6) is 0. The summed E-state index contributed by atoms with van der Waals surface area (Å²) in [6.45, 7) is 7.27. The van der Waals surface area contributed by atoms with Crippen LogP contribution in [0, 0.1) is 0 Å². The van der Waals surface area contributed by atoms with E-state index in [1.807, 2.05) is 39.0 Å². The molecule has 0 aliphatic heterocycles. The van der Waals surface area contributed by atoms with E-state index in [-0.39, 0.29) is 5.60 Å². The molecule has 1 aromatic carbocycles. The minimum Gasteiger partial charge on any atom is -0.369 e. The molecular formula is C15H20N2OS. The highest BCUT2D eigenvalue weighted by Crippen LogP contribution is 2.34. The molecule has 4 heteroatoms. The molecule has 2 rings (SSSR count). The average molecular weight is 276 g/mol. The molecule has 0 fully saturated rings. The van der Waals surface area contributed by atoms with Crippen molar-refractivity contribution in [3.8, 4) is 11.3 Å². The van der Waals surface area contributed by atoms with Crippen molar-refractivity contribution >= 4 is 11.3 Å². The topological polar surface area (TPSA) is 48.1 Å². The molecule has 0 aliphatic carbocycles. The molecule has 3 nitrogen and oxygen atoms in total. The van der Waals surface area contributed by atoms with Crippen LogP contribution in [0.4, 0.5) is 0 Å². The normalized spacial score (nSPS) is 11.8. The van der Waals surface area contributed by atoms with Gasteiger partial charge in [-0.05, 0) is 20.8 Å². The fraction of sp³-hybridized carbons (Fsp3) is 0.400. The largest absolute Gasteiger partial charge is 0.369 e. The van der Waals surface area contributed by atoms with Crippen LogP contribution >= 0.6 is 11.3 Å². The van der Waals surface area contributed by atoms with Crippen molar-refractivity contribution in [1.82, 2.24) is 4.98 Å². The van der Waals surface area contributed by atoms with Gasteiger partial charge in [-0.2, -0.15) is 0 Å². The van der Waals surface area contributed by atoms with E-state index in [0.717, 1.165) is 21.1 Å². The van der Waals surface area contributed by atoms with Gasteiger partial charge in [-0.1, -0.05) is 30.3 Å². The third kappa shape index (κ3) is 3.03. The number of nitrogens with two attached hydrogens (primary N) is 1. The monoisotopic (exact) mass is 276 g/mol. The quantitative estimate of drug-likeness (QED) is 0.908. The molecule has 0 amide bonds.